The molecular weight excluding hydrogens is 525 g/mol. The highest BCUT2D eigenvalue weighted by Crippen LogP contribution is 2.30. The van der Waals surface area contributed by atoms with E-state index in [1.54, 1.807) is 17.0 Å². The topological polar surface area (TPSA) is 105 Å². The average Bonchev–Trinajstić information content (AvgIpc) is 2.96. The zero-order chi connectivity index (χ0) is 28.4. The third kappa shape index (κ3) is 5.63. The first-order valence-corrected chi connectivity index (χ1v) is 12.6. The molecule has 1 aliphatic rings. The Hall–Kier alpha value is -4.80. The Kier molecular flexibility index (Phi) is 7.45. The van der Waals surface area contributed by atoms with Gasteiger partial charge in [-0.2, -0.15) is 0 Å². The van der Waals surface area contributed by atoms with Crippen LogP contribution in [0.4, 0.5) is 24.5 Å². The van der Waals surface area contributed by atoms with E-state index in [0.717, 1.165) is 29.8 Å². The molecule has 4 aromatic rings. The Labute approximate surface area is 226 Å². The van der Waals surface area contributed by atoms with Gasteiger partial charge in [-0.15, -0.1) is 0 Å². The summed E-state index contributed by atoms with van der Waals surface area (Å²) in [6, 6.07) is 14.3. The number of likely N-dealkylation sites (tertiary alicyclic amines) is 1. The predicted molar refractivity (Wildman–Crippen MR) is 141 cm³/mol. The molecule has 2 heterocycles. The summed E-state index contributed by atoms with van der Waals surface area (Å²) in [5.41, 5.74) is 1.38. The van der Waals surface area contributed by atoms with Crippen molar-refractivity contribution in [2.45, 2.75) is 25.2 Å². The first kappa shape index (κ1) is 26.8. The second kappa shape index (κ2) is 11.1. The number of nitro benzene ring substituents is 1. The molecular formula is C29H23F3N4O4. The van der Waals surface area contributed by atoms with Crippen LogP contribution in [0.2, 0.25) is 0 Å². The van der Waals surface area contributed by atoms with E-state index in [2.05, 4.69) is 10.3 Å². The van der Waals surface area contributed by atoms with Gasteiger partial charge in [0.25, 0.3) is 11.6 Å². The molecule has 0 bridgehead atoms. The maximum Gasteiger partial charge on any atom is 0.269 e. The van der Waals surface area contributed by atoms with Crippen LogP contribution < -0.4 is 5.32 Å². The summed E-state index contributed by atoms with van der Waals surface area (Å²) >= 11 is 0. The number of rotatable bonds is 6. The first-order valence-electron chi connectivity index (χ1n) is 12.6. The Bertz CT molecular complexity index is 1620. The normalized spacial score (nSPS) is 13.8. The van der Waals surface area contributed by atoms with E-state index in [4.69, 9.17) is 0 Å². The maximum atomic E-state index is 14.1. The monoisotopic (exact) mass is 548 g/mol. The summed E-state index contributed by atoms with van der Waals surface area (Å²) in [6.45, 7) is 0.940. The van der Waals surface area contributed by atoms with Gasteiger partial charge < -0.3 is 10.2 Å². The summed E-state index contributed by atoms with van der Waals surface area (Å²) < 4.78 is 41.4. The number of hydrogen-bond acceptors (Lipinski definition) is 5. The minimum Gasteiger partial charge on any atom is -0.342 e. The number of benzene rings is 3. The molecule has 1 aliphatic heterocycles. The number of carbonyl (C=O) groups excluding carboxylic acids is 2. The molecule has 0 spiro atoms. The molecule has 0 atom stereocenters. The Morgan fingerprint density at radius 2 is 1.68 bits per heavy atom. The van der Waals surface area contributed by atoms with Gasteiger partial charge in [-0.3, -0.25) is 24.7 Å². The number of anilines is 1. The molecule has 40 heavy (non-hydrogen) atoms. The number of aromatic nitrogens is 1. The molecule has 3 aromatic carbocycles. The second-order valence-corrected chi connectivity index (χ2v) is 9.60. The van der Waals surface area contributed by atoms with E-state index < -0.39 is 28.3 Å². The van der Waals surface area contributed by atoms with Crippen molar-refractivity contribution in [3.05, 3.63) is 111 Å². The quantitative estimate of drug-likeness (QED) is 0.244. The molecule has 8 nitrogen and oxygen atoms in total. The fraction of sp³-hybridized carbons (Fsp3) is 0.207. The van der Waals surface area contributed by atoms with Crippen LogP contribution in [-0.4, -0.2) is 39.7 Å². The zero-order valence-electron chi connectivity index (χ0n) is 21.1. The number of hydrogen-bond donors (Lipinski definition) is 1. The number of carbonyl (C=O) groups is 2. The van der Waals surface area contributed by atoms with E-state index in [-0.39, 0.29) is 40.6 Å². The third-order valence-electron chi connectivity index (χ3n) is 7.08. The molecule has 0 unspecified atom stereocenters. The lowest BCUT2D eigenvalue weighted by Gasteiger charge is -2.32. The van der Waals surface area contributed by atoms with Crippen LogP contribution in [-0.2, 0) is 11.2 Å². The van der Waals surface area contributed by atoms with Crippen molar-refractivity contribution in [3.8, 4) is 0 Å². The minimum absolute atomic E-state index is 0.000471. The molecule has 0 aliphatic carbocycles. The summed E-state index contributed by atoms with van der Waals surface area (Å²) in [4.78, 5) is 41.3. The summed E-state index contributed by atoms with van der Waals surface area (Å²) in [5, 5.41) is 14.0. The van der Waals surface area contributed by atoms with Crippen LogP contribution in [0.5, 0.6) is 0 Å². The van der Waals surface area contributed by atoms with Gasteiger partial charge >= 0.3 is 0 Å². The number of amides is 2. The number of nitrogens with zero attached hydrogens (tertiary/aromatic N) is 3. The Morgan fingerprint density at radius 1 is 0.975 bits per heavy atom. The van der Waals surface area contributed by atoms with Crippen LogP contribution in [0.1, 0.15) is 40.2 Å². The lowest BCUT2D eigenvalue weighted by molar-refractivity contribution is -0.385. The van der Waals surface area contributed by atoms with Gasteiger partial charge in [-0.05, 0) is 60.7 Å². The second-order valence-electron chi connectivity index (χ2n) is 9.60. The third-order valence-corrected chi connectivity index (χ3v) is 7.08. The highest BCUT2D eigenvalue weighted by atomic mass is 19.2. The Balaban J connectivity index is 1.17. The van der Waals surface area contributed by atoms with Gasteiger partial charge in [0.15, 0.2) is 11.6 Å². The van der Waals surface area contributed by atoms with Crippen LogP contribution >= 0.6 is 0 Å². The molecule has 1 saturated heterocycles. The van der Waals surface area contributed by atoms with Crippen LogP contribution in [0.3, 0.4) is 0 Å². The van der Waals surface area contributed by atoms with E-state index >= 15 is 0 Å². The van der Waals surface area contributed by atoms with E-state index in [1.165, 1.54) is 18.3 Å². The van der Waals surface area contributed by atoms with Gasteiger partial charge in [-0.25, -0.2) is 13.2 Å². The Morgan fingerprint density at radius 3 is 2.38 bits per heavy atom. The van der Waals surface area contributed by atoms with Crippen LogP contribution in [0.25, 0.3) is 10.9 Å². The highest BCUT2D eigenvalue weighted by Gasteiger charge is 2.25. The molecule has 2 amide bonds. The standard InChI is InChI=1S/C29H23F3N4O4/c30-24-8-6-23(36(39)40)14-20(24)15-26(37)35-11-9-18(10-12-35)17-1-4-22(5-2-17)34-29(38)21-13-19-3-7-25(31)27(32)28(19)33-16-21/h1-8,13-14,16,18H,9-12,15H2,(H,34,38). The molecule has 1 aromatic heterocycles. The SMILES string of the molecule is O=C(Nc1ccc(C2CCN(C(=O)Cc3cc([N+](=O)[O-])ccc3F)CC2)cc1)c1cnc2c(F)c(F)ccc2c1. The van der Waals surface area contributed by atoms with Gasteiger partial charge in [0.2, 0.25) is 5.91 Å². The molecule has 0 radical (unpaired) electrons. The highest BCUT2D eigenvalue weighted by molar-refractivity contribution is 6.05. The van der Waals surface area contributed by atoms with Gasteiger partial charge in [-0.1, -0.05) is 12.1 Å². The van der Waals surface area contributed by atoms with Crippen molar-refractivity contribution in [1.82, 2.24) is 9.88 Å². The van der Waals surface area contributed by atoms with E-state index in [1.807, 2.05) is 12.1 Å². The van der Waals surface area contributed by atoms with Crippen molar-refractivity contribution in [2.24, 2.45) is 0 Å². The summed E-state index contributed by atoms with van der Waals surface area (Å²) in [6.07, 6.45) is 2.33. The number of pyridine rings is 1. The molecule has 204 valence electrons. The smallest absolute Gasteiger partial charge is 0.269 e. The molecule has 0 saturated carbocycles. The van der Waals surface area contributed by atoms with Crippen molar-refractivity contribution in [2.75, 3.05) is 18.4 Å². The lowest BCUT2D eigenvalue weighted by Crippen LogP contribution is -2.38. The fourth-order valence-corrected chi connectivity index (χ4v) is 4.85. The molecule has 1 N–H and O–H groups in total. The summed E-state index contributed by atoms with van der Waals surface area (Å²) in [7, 11) is 0. The number of nitrogens with one attached hydrogen (secondary N) is 1. The minimum atomic E-state index is -1.06. The largest absolute Gasteiger partial charge is 0.342 e. The van der Waals surface area contributed by atoms with Gasteiger partial charge in [0.05, 0.1) is 16.9 Å². The number of fused-ring (bicyclic) bond motifs is 1. The van der Waals surface area contributed by atoms with Crippen molar-refractivity contribution < 1.29 is 27.7 Å². The molecule has 1 fully saturated rings. The molecule has 5 rings (SSSR count). The predicted octanol–water partition coefficient (Wildman–Crippen LogP) is 5.76. The maximum absolute atomic E-state index is 14.1. The van der Waals surface area contributed by atoms with Crippen molar-refractivity contribution in [3.63, 3.8) is 0 Å². The number of non-ortho nitro benzene ring substituents is 1. The van der Waals surface area contributed by atoms with Crippen molar-refractivity contribution >= 4 is 34.1 Å². The number of nitro groups is 1. The summed E-state index contributed by atoms with van der Waals surface area (Å²) in [5.74, 6) is -3.27. The van der Waals surface area contributed by atoms with Crippen LogP contribution in [0.15, 0.2) is 66.9 Å². The van der Waals surface area contributed by atoms with Crippen molar-refractivity contribution in [1.29, 1.82) is 0 Å². The zero-order valence-corrected chi connectivity index (χ0v) is 21.1. The first-order chi connectivity index (χ1) is 19.2. The van der Waals surface area contributed by atoms with Gasteiger partial charge in [0.1, 0.15) is 11.3 Å². The van der Waals surface area contributed by atoms with Crippen LogP contribution in [0, 0.1) is 27.6 Å². The average molecular weight is 549 g/mol. The fourth-order valence-electron chi connectivity index (χ4n) is 4.85. The number of halogens is 3. The van der Waals surface area contributed by atoms with Gasteiger partial charge in [0, 0.05) is 48.1 Å². The van der Waals surface area contributed by atoms with E-state index in [0.29, 0.717) is 37.0 Å². The molecule has 11 heteroatoms. The lowest BCUT2D eigenvalue weighted by atomic mass is 9.89. The van der Waals surface area contributed by atoms with E-state index in [9.17, 15) is 32.9 Å². The number of piperidine rings is 1.